The zero-order valence-corrected chi connectivity index (χ0v) is 15.2. The standard InChI is InChI=1S/C20H16FN5O2/c1-11(27)25-16-9-12(5-7-22-16)18-17(14-4-3-13(21)10-24-14)20-19(26-18)15(28-2)6-8-23-20/h3-10,26H,1-2H3,(H,22,25,27). The van der Waals surface area contributed by atoms with Crippen molar-refractivity contribution in [3.05, 3.63) is 54.7 Å². The fraction of sp³-hybridized carbons (Fsp3) is 0.100. The number of aromatic amines is 1. The number of H-pyrrole nitrogens is 1. The number of methoxy groups -OCH3 is 1. The van der Waals surface area contributed by atoms with Gasteiger partial charge in [-0.25, -0.2) is 9.37 Å². The van der Waals surface area contributed by atoms with Gasteiger partial charge in [0.25, 0.3) is 0 Å². The number of hydrogen-bond donors (Lipinski definition) is 2. The first-order valence-corrected chi connectivity index (χ1v) is 8.47. The van der Waals surface area contributed by atoms with Crippen LogP contribution in [0.3, 0.4) is 0 Å². The largest absolute Gasteiger partial charge is 0.494 e. The van der Waals surface area contributed by atoms with Gasteiger partial charge < -0.3 is 15.0 Å². The van der Waals surface area contributed by atoms with Crippen molar-refractivity contribution in [2.24, 2.45) is 0 Å². The molecule has 4 aromatic rings. The maximum absolute atomic E-state index is 13.4. The third-order valence-electron chi connectivity index (χ3n) is 4.21. The van der Waals surface area contributed by atoms with Crippen molar-refractivity contribution in [1.29, 1.82) is 0 Å². The molecule has 0 saturated carbocycles. The summed E-state index contributed by atoms with van der Waals surface area (Å²) in [6, 6.07) is 8.24. The van der Waals surface area contributed by atoms with Crippen molar-refractivity contribution in [1.82, 2.24) is 19.9 Å². The van der Waals surface area contributed by atoms with Crippen LogP contribution in [-0.4, -0.2) is 33.0 Å². The van der Waals surface area contributed by atoms with Gasteiger partial charge in [0.2, 0.25) is 5.91 Å². The monoisotopic (exact) mass is 377 g/mol. The van der Waals surface area contributed by atoms with Crippen molar-refractivity contribution in [2.75, 3.05) is 12.4 Å². The Hall–Kier alpha value is -3.81. The van der Waals surface area contributed by atoms with Gasteiger partial charge >= 0.3 is 0 Å². The lowest BCUT2D eigenvalue weighted by Crippen LogP contribution is -2.07. The molecule has 0 saturated heterocycles. The first-order chi connectivity index (χ1) is 13.6. The van der Waals surface area contributed by atoms with E-state index in [1.54, 1.807) is 43.8 Å². The minimum absolute atomic E-state index is 0.218. The Balaban J connectivity index is 1.98. The summed E-state index contributed by atoms with van der Waals surface area (Å²) in [5.74, 6) is 0.398. The molecule has 0 fully saturated rings. The highest BCUT2D eigenvalue weighted by atomic mass is 19.1. The summed E-state index contributed by atoms with van der Waals surface area (Å²) in [6.07, 6.45) is 4.40. The van der Waals surface area contributed by atoms with Crippen LogP contribution in [-0.2, 0) is 4.79 Å². The number of amides is 1. The van der Waals surface area contributed by atoms with Crippen LogP contribution in [0.15, 0.2) is 48.9 Å². The van der Waals surface area contributed by atoms with E-state index in [1.807, 2.05) is 0 Å². The number of nitrogens with one attached hydrogen (secondary N) is 2. The number of carbonyl (C=O) groups excluding carboxylic acids is 1. The van der Waals surface area contributed by atoms with Crippen molar-refractivity contribution < 1.29 is 13.9 Å². The van der Waals surface area contributed by atoms with E-state index >= 15 is 0 Å². The van der Waals surface area contributed by atoms with Gasteiger partial charge in [-0.2, -0.15) is 0 Å². The lowest BCUT2D eigenvalue weighted by Gasteiger charge is -2.07. The van der Waals surface area contributed by atoms with E-state index in [1.165, 1.54) is 13.0 Å². The first-order valence-electron chi connectivity index (χ1n) is 8.47. The molecule has 0 aliphatic carbocycles. The second-order valence-electron chi connectivity index (χ2n) is 6.08. The quantitative estimate of drug-likeness (QED) is 0.564. The van der Waals surface area contributed by atoms with Crippen molar-refractivity contribution in [3.63, 3.8) is 0 Å². The number of nitrogens with zero attached hydrogens (tertiary/aromatic N) is 3. The molecule has 4 rings (SSSR count). The second kappa shape index (κ2) is 7.07. The van der Waals surface area contributed by atoms with Crippen LogP contribution >= 0.6 is 0 Å². The fourth-order valence-corrected chi connectivity index (χ4v) is 3.05. The molecule has 0 aliphatic heterocycles. The lowest BCUT2D eigenvalue weighted by atomic mass is 10.0. The summed E-state index contributed by atoms with van der Waals surface area (Å²) < 4.78 is 18.8. The Labute approximate surface area is 159 Å². The van der Waals surface area contributed by atoms with Gasteiger partial charge in [-0.05, 0) is 24.3 Å². The minimum Gasteiger partial charge on any atom is -0.494 e. The molecule has 0 aromatic carbocycles. The van der Waals surface area contributed by atoms with E-state index in [-0.39, 0.29) is 5.91 Å². The number of hydrogen-bond acceptors (Lipinski definition) is 5. The SMILES string of the molecule is COc1ccnc2c(-c3ccc(F)cn3)c(-c3ccnc(NC(C)=O)c3)[nH]c12. The third-order valence-corrected chi connectivity index (χ3v) is 4.21. The third kappa shape index (κ3) is 3.16. The molecule has 2 N–H and O–H groups in total. The molecule has 0 aliphatic rings. The average Bonchev–Trinajstić information content (AvgIpc) is 3.08. The molecular formula is C20H16FN5O2. The highest BCUT2D eigenvalue weighted by molar-refractivity contribution is 6.03. The first kappa shape index (κ1) is 17.6. The Morgan fingerprint density at radius 3 is 2.68 bits per heavy atom. The van der Waals surface area contributed by atoms with Gasteiger partial charge in [0.05, 0.1) is 30.3 Å². The van der Waals surface area contributed by atoms with E-state index in [9.17, 15) is 9.18 Å². The second-order valence-corrected chi connectivity index (χ2v) is 6.08. The van der Waals surface area contributed by atoms with Crippen LogP contribution < -0.4 is 10.1 Å². The molecule has 0 atom stereocenters. The summed E-state index contributed by atoms with van der Waals surface area (Å²) >= 11 is 0. The number of ether oxygens (including phenoxy) is 1. The molecule has 7 nitrogen and oxygen atoms in total. The summed E-state index contributed by atoms with van der Waals surface area (Å²) in [6.45, 7) is 1.42. The van der Waals surface area contributed by atoms with Crippen LogP contribution in [0.25, 0.3) is 33.5 Å². The number of rotatable bonds is 4. The smallest absolute Gasteiger partial charge is 0.222 e. The van der Waals surface area contributed by atoms with Gasteiger partial charge in [0.15, 0.2) is 0 Å². The molecule has 0 unspecified atom stereocenters. The molecule has 8 heteroatoms. The van der Waals surface area contributed by atoms with Crippen LogP contribution in [0, 0.1) is 5.82 Å². The molecule has 28 heavy (non-hydrogen) atoms. The molecule has 4 heterocycles. The molecule has 4 aromatic heterocycles. The Morgan fingerprint density at radius 1 is 1.14 bits per heavy atom. The van der Waals surface area contributed by atoms with Gasteiger partial charge in [0, 0.05) is 30.9 Å². The van der Waals surface area contributed by atoms with E-state index in [4.69, 9.17) is 4.74 Å². The normalized spacial score (nSPS) is 10.8. The lowest BCUT2D eigenvalue weighted by molar-refractivity contribution is -0.114. The van der Waals surface area contributed by atoms with Gasteiger partial charge in [-0.3, -0.25) is 14.8 Å². The Kier molecular flexibility index (Phi) is 4.44. The Morgan fingerprint density at radius 2 is 1.96 bits per heavy atom. The van der Waals surface area contributed by atoms with Crippen molar-refractivity contribution >= 4 is 22.8 Å². The van der Waals surface area contributed by atoms with Crippen LogP contribution in [0.2, 0.25) is 0 Å². The molecule has 140 valence electrons. The Bertz CT molecular complexity index is 1170. The number of aromatic nitrogens is 4. The average molecular weight is 377 g/mol. The predicted molar refractivity (Wildman–Crippen MR) is 103 cm³/mol. The molecule has 1 amide bonds. The number of pyridine rings is 3. The van der Waals surface area contributed by atoms with Gasteiger partial charge in [-0.1, -0.05) is 0 Å². The van der Waals surface area contributed by atoms with Crippen LogP contribution in [0.5, 0.6) is 5.75 Å². The number of carbonyl (C=O) groups is 1. The maximum Gasteiger partial charge on any atom is 0.222 e. The van der Waals surface area contributed by atoms with Gasteiger partial charge in [0.1, 0.15) is 28.4 Å². The highest BCUT2D eigenvalue weighted by Gasteiger charge is 2.20. The molecule has 0 bridgehead atoms. The fourth-order valence-electron chi connectivity index (χ4n) is 3.05. The zero-order chi connectivity index (χ0) is 19.7. The van der Waals surface area contributed by atoms with E-state index in [0.29, 0.717) is 39.6 Å². The molecule has 0 spiro atoms. The van der Waals surface area contributed by atoms with Crippen LogP contribution in [0.1, 0.15) is 6.92 Å². The van der Waals surface area contributed by atoms with Crippen molar-refractivity contribution in [3.8, 4) is 28.3 Å². The predicted octanol–water partition coefficient (Wildman–Crippen LogP) is 3.79. The van der Waals surface area contributed by atoms with E-state index < -0.39 is 5.82 Å². The van der Waals surface area contributed by atoms with Gasteiger partial charge in [-0.15, -0.1) is 0 Å². The zero-order valence-electron chi connectivity index (χ0n) is 15.2. The summed E-state index contributed by atoms with van der Waals surface area (Å²) in [7, 11) is 1.58. The number of halogens is 1. The topological polar surface area (TPSA) is 92.8 Å². The molecule has 0 radical (unpaired) electrons. The minimum atomic E-state index is -0.424. The summed E-state index contributed by atoms with van der Waals surface area (Å²) in [5.41, 5.74) is 4.07. The molecular weight excluding hydrogens is 361 g/mol. The number of anilines is 1. The van der Waals surface area contributed by atoms with E-state index in [0.717, 1.165) is 11.8 Å². The summed E-state index contributed by atoms with van der Waals surface area (Å²) in [5, 5.41) is 2.67. The number of fused-ring (bicyclic) bond motifs is 1. The van der Waals surface area contributed by atoms with E-state index in [2.05, 4.69) is 25.3 Å². The van der Waals surface area contributed by atoms with Crippen LogP contribution in [0.4, 0.5) is 10.2 Å². The summed E-state index contributed by atoms with van der Waals surface area (Å²) in [4.78, 5) is 27.6. The highest BCUT2D eigenvalue weighted by Crippen LogP contribution is 2.39. The van der Waals surface area contributed by atoms with Crippen molar-refractivity contribution in [2.45, 2.75) is 6.92 Å². The maximum atomic E-state index is 13.4.